The van der Waals surface area contributed by atoms with Crippen molar-refractivity contribution in [2.75, 3.05) is 13.1 Å². The van der Waals surface area contributed by atoms with Crippen LogP contribution in [-0.2, 0) is 14.8 Å². The number of rotatable bonds is 6. The fraction of sp³-hybridized carbons (Fsp3) is 0.296. The van der Waals surface area contributed by atoms with Crippen LogP contribution >= 0.6 is 0 Å². The van der Waals surface area contributed by atoms with Crippen molar-refractivity contribution in [1.29, 1.82) is 0 Å². The van der Waals surface area contributed by atoms with Crippen LogP contribution in [0.2, 0.25) is 0 Å². The molecule has 0 unspecified atom stereocenters. The molecule has 0 aromatic heterocycles. The third-order valence-electron chi connectivity index (χ3n) is 6.34. The van der Waals surface area contributed by atoms with Gasteiger partial charge in [0, 0.05) is 19.0 Å². The lowest BCUT2D eigenvalue weighted by Gasteiger charge is -2.32. The van der Waals surface area contributed by atoms with Crippen LogP contribution in [0.3, 0.4) is 0 Å². The Morgan fingerprint density at radius 1 is 0.879 bits per heavy atom. The summed E-state index contributed by atoms with van der Waals surface area (Å²) in [6, 6.07) is 25.1. The minimum Gasteiger partial charge on any atom is -0.345 e. The van der Waals surface area contributed by atoms with Crippen LogP contribution in [0.1, 0.15) is 41.1 Å². The van der Waals surface area contributed by atoms with Crippen LogP contribution in [0.5, 0.6) is 0 Å². The molecule has 1 aliphatic rings. The molecule has 0 radical (unpaired) electrons. The number of carbonyl (C=O) groups is 1. The molecule has 1 N–H and O–H groups in total. The minimum atomic E-state index is -3.57. The molecule has 3 aromatic rings. The van der Waals surface area contributed by atoms with Crippen LogP contribution in [0.15, 0.2) is 83.8 Å². The van der Waals surface area contributed by atoms with Gasteiger partial charge in [-0.1, -0.05) is 72.8 Å². The van der Waals surface area contributed by atoms with E-state index in [1.165, 1.54) is 4.31 Å². The lowest BCUT2D eigenvalue weighted by Crippen LogP contribution is -2.44. The summed E-state index contributed by atoms with van der Waals surface area (Å²) in [5, 5.41) is 3.21. The number of benzene rings is 3. The number of carbonyl (C=O) groups excluding carboxylic acids is 1. The zero-order chi connectivity index (χ0) is 23.4. The Bertz CT molecular complexity index is 1160. The van der Waals surface area contributed by atoms with Gasteiger partial charge in [0.25, 0.3) is 0 Å². The predicted octanol–water partition coefficient (Wildman–Crippen LogP) is 4.61. The van der Waals surface area contributed by atoms with Gasteiger partial charge in [0.2, 0.25) is 15.9 Å². The first-order chi connectivity index (χ1) is 15.9. The first kappa shape index (κ1) is 23.2. The highest BCUT2D eigenvalue weighted by atomic mass is 32.2. The Kier molecular flexibility index (Phi) is 6.96. The third-order valence-corrected chi connectivity index (χ3v) is 8.38. The largest absolute Gasteiger partial charge is 0.345 e. The van der Waals surface area contributed by atoms with E-state index in [0.717, 1.165) is 22.3 Å². The summed E-state index contributed by atoms with van der Waals surface area (Å²) >= 11 is 0. The molecule has 33 heavy (non-hydrogen) atoms. The fourth-order valence-corrected chi connectivity index (χ4v) is 6.17. The van der Waals surface area contributed by atoms with Gasteiger partial charge in [0.05, 0.1) is 10.9 Å². The van der Waals surface area contributed by atoms with Crippen molar-refractivity contribution >= 4 is 15.9 Å². The van der Waals surface area contributed by atoms with Gasteiger partial charge in [-0.25, -0.2) is 8.42 Å². The van der Waals surface area contributed by atoms with E-state index >= 15 is 0 Å². The lowest BCUT2D eigenvalue weighted by atomic mass is 9.94. The first-order valence-corrected chi connectivity index (χ1v) is 12.8. The van der Waals surface area contributed by atoms with Gasteiger partial charge in [0.1, 0.15) is 0 Å². The standard InChI is InChI=1S/C27H30N2O3S/c1-20-13-14-21(2)25(19-20)33(31,32)29-17-15-24(16-18-29)27(30)28-26(22-9-5-3-6-10-22)23-11-7-4-8-12-23/h3-14,19,24,26H,15-18H2,1-2H3,(H,28,30). The van der Waals surface area contributed by atoms with Crippen molar-refractivity contribution in [2.24, 2.45) is 5.92 Å². The summed E-state index contributed by atoms with van der Waals surface area (Å²) < 4.78 is 27.9. The van der Waals surface area contributed by atoms with Gasteiger partial charge < -0.3 is 5.32 Å². The maximum absolute atomic E-state index is 13.2. The van der Waals surface area contributed by atoms with Gasteiger partial charge in [-0.3, -0.25) is 4.79 Å². The van der Waals surface area contributed by atoms with E-state index in [9.17, 15) is 13.2 Å². The highest BCUT2D eigenvalue weighted by Crippen LogP contribution is 2.28. The molecule has 0 aliphatic carbocycles. The SMILES string of the molecule is Cc1ccc(C)c(S(=O)(=O)N2CCC(C(=O)NC(c3ccccc3)c3ccccc3)CC2)c1. The molecular weight excluding hydrogens is 432 g/mol. The fourth-order valence-electron chi connectivity index (χ4n) is 4.39. The summed E-state index contributed by atoms with van der Waals surface area (Å²) in [5.41, 5.74) is 3.70. The van der Waals surface area contributed by atoms with E-state index in [1.54, 1.807) is 6.07 Å². The van der Waals surface area contributed by atoms with E-state index in [4.69, 9.17) is 0 Å². The monoisotopic (exact) mass is 462 g/mol. The molecule has 4 rings (SSSR count). The average Bonchev–Trinajstić information content (AvgIpc) is 2.85. The van der Waals surface area contributed by atoms with Crippen LogP contribution in [-0.4, -0.2) is 31.7 Å². The Morgan fingerprint density at radius 2 is 1.42 bits per heavy atom. The van der Waals surface area contributed by atoms with Crippen molar-refractivity contribution in [2.45, 2.75) is 37.6 Å². The van der Waals surface area contributed by atoms with Gasteiger partial charge in [-0.05, 0) is 55.0 Å². The number of hydrogen-bond donors (Lipinski definition) is 1. The Balaban J connectivity index is 1.46. The quantitative estimate of drug-likeness (QED) is 0.582. The molecule has 0 bridgehead atoms. The van der Waals surface area contributed by atoms with Crippen LogP contribution in [0.25, 0.3) is 0 Å². The smallest absolute Gasteiger partial charge is 0.243 e. The second-order valence-electron chi connectivity index (χ2n) is 8.71. The Morgan fingerprint density at radius 3 is 1.97 bits per heavy atom. The molecule has 1 heterocycles. The molecule has 0 saturated carbocycles. The summed E-state index contributed by atoms with van der Waals surface area (Å²) in [4.78, 5) is 13.6. The van der Waals surface area contributed by atoms with Gasteiger partial charge >= 0.3 is 0 Å². The van der Waals surface area contributed by atoms with E-state index < -0.39 is 10.0 Å². The number of nitrogens with zero attached hydrogens (tertiary/aromatic N) is 1. The number of hydrogen-bond acceptors (Lipinski definition) is 3. The second kappa shape index (κ2) is 9.89. The summed E-state index contributed by atoms with van der Waals surface area (Å²) in [7, 11) is -3.57. The second-order valence-corrected chi connectivity index (χ2v) is 10.6. The predicted molar refractivity (Wildman–Crippen MR) is 130 cm³/mol. The maximum Gasteiger partial charge on any atom is 0.243 e. The molecule has 1 aliphatic heterocycles. The number of aryl methyl sites for hydroxylation is 2. The van der Waals surface area contributed by atoms with Crippen molar-refractivity contribution in [3.8, 4) is 0 Å². The van der Waals surface area contributed by atoms with E-state index in [0.29, 0.717) is 30.8 Å². The number of sulfonamides is 1. The van der Waals surface area contributed by atoms with E-state index in [2.05, 4.69) is 5.32 Å². The normalized spacial score (nSPS) is 15.5. The third kappa shape index (κ3) is 5.18. The molecule has 6 heteroatoms. The minimum absolute atomic E-state index is 0.0310. The van der Waals surface area contributed by atoms with Crippen molar-refractivity contribution < 1.29 is 13.2 Å². The lowest BCUT2D eigenvalue weighted by molar-refractivity contribution is -0.126. The van der Waals surface area contributed by atoms with Crippen molar-refractivity contribution in [1.82, 2.24) is 9.62 Å². The molecule has 0 atom stereocenters. The molecule has 1 fully saturated rings. The summed E-state index contributed by atoms with van der Waals surface area (Å²) in [6.45, 7) is 4.40. The number of nitrogens with one attached hydrogen (secondary N) is 1. The van der Waals surface area contributed by atoms with Gasteiger partial charge in [-0.15, -0.1) is 0 Å². The molecule has 3 aromatic carbocycles. The van der Waals surface area contributed by atoms with Crippen LogP contribution < -0.4 is 5.32 Å². The summed E-state index contributed by atoms with van der Waals surface area (Å²) in [5.74, 6) is -0.249. The van der Waals surface area contributed by atoms with Crippen molar-refractivity contribution in [3.05, 3.63) is 101 Å². The van der Waals surface area contributed by atoms with Crippen LogP contribution in [0.4, 0.5) is 0 Å². The maximum atomic E-state index is 13.2. The molecule has 0 spiro atoms. The van der Waals surface area contributed by atoms with Gasteiger partial charge in [-0.2, -0.15) is 4.31 Å². The van der Waals surface area contributed by atoms with Crippen molar-refractivity contribution in [3.63, 3.8) is 0 Å². The number of amides is 1. The van der Waals surface area contributed by atoms with Crippen LogP contribution in [0, 0.1) is 19.8 Å². The van der Waals surface area contributed by atoms with E-state index in [-0.39, 0.29) is 17.9 Å². The molecule has 1 saturated heterocycles. The zero-order valence-corrected chi connectivity index (χ0v) is 19.9. The highest BCUT2D eigenvalue weighted by Gasteiger charge is 2.33. The highest BCUT2D eigenvalue weighted by molar-refractivity contribution is 7.89. The molecule has 172 valence electrons. The zero-order valence-electron chi connectivity index (χ0n) is 19.1. The topological polar surface area (TPSA) is 66.5 Å². The Labute approximate surface area is 196 Å². The average molecular weight is 463 g/mol. The molecular formula is C27H30N2O3S. The van der Waals surface area contributed by atoms with E-state index in [1.807, 2.05) is 86.6 Å². The molecule has 5 nitrogen and oxygen atoms in total. The first-order valence-electron chi connectivity index (χ1n) is 11.3. The number of piperidine rings is 1. The Hall–Kier alpha value is -2.96. The van der Waals surface area contributed by atoms with Gasteiger partial charge in [0.15, 0.2) is 0 Å². The molecule has 1 amide bonds. The summed E-state index contributed by atoms with van der Waals surface area (Å²) in [6.07, 6.45) is 1.01.